The number of para-hydroxylation sites is 2. The van der Waals surface area contributed by atoms with Crippen molar-refractivity contribution >= 4 is 60.4 Å². The van der Waals surface area contributed by atoms with Gasteiger partial charge in [-0.15, -0.1) is 0 Å². The third-order valence-electron chi connectivity index (χ3n) is 10.4. The SMILES string of the molecule is c1ccc(-c2ccc(N(c3ccccc3)c3ccc(-c4ccc(-n5c6ccccc6c6c7ccccc7ccc65)c5ccccc45)cc3)cc2)cc1. The highest BCUT2D eigenvalue weighted by molar-refractivity contribution is 6.22. The van der Waals surface area contributed by atoms with Crippen LogP contribution in [-0.4, -0.2) is 4.57 Å². The molecule has 0 unspecified atom stereocenters. The second-order valence-electron chi connectivity index (χ2n) is 13.3. The maximum absolute atomic E-state index is 2.45. The van der Waals surface area contributed by atoms with E-state index in [0.29, 0.717) is 0 Å². The van der Waals surface area contributed by atoms with E-state index in [0.717, 1.165) is 17.1 Å². The number of hydrogen-bond acceptors (Lipinski definition) is 1. The van der Waals surface area contributed by atoms with Crippen LogP contribution in [0.25, 0.3) is 71.3 Å². The summed E-state index contributed by atoms with van der Waals surface area (Å²) in [6.07, 6.45) is 0. The molecule has 0 saturated heterocycles. The minimum Gasteiger partial charge on any atom is -0.311 e. The number of hydrogen-bond donors (Lipinski definition) is 0. The zero-order valence-corrected chi connectivity index (χ0v) is 28.5. The second-order valence-corrected chi connectivity index (χ2v) is 13.3. The molecule has 9 aromatic carbocycles. The van der Waals surface area contributed by atoms with Crippen LogP contribution >= 0.6 is 0 Å². The number of anilines is 3. The van der Waals surface area contributed by atoms with Crippen molar-refractivity contribution in [1.29, 1.82) is 0 Å². The quantitative estimate of drug-likeness (QED) is 0.172. The van der Waals surface area contributed by atoms with Gasteiger partial charge in [-0.25, -0.2) is 0 Å². The van der Waals surface area contributed by atoms with E-state index in [2.05, 4.69) is 216 Å². The molecule has 1 aromatic heterocycles. The molecule has 244 valence electrons. The lowest BCUT2D eigenvalue weighted by atomic mass is 9.96. The Morgan fingerprint density at radius 1 is 0.308 bits per heavy atom. The zero-order valence-electron chi connectivity index (χ0n) is 28.5. The largest absolute Gasteiger partial charge is 0.311 e. The molecule has 0 atom stereocenters. The summed E-state index contributed by atoms with van der Waals surface area (Å²) in [5.74, 6) is 0. The molecule has 0 fully saturated rings. The molecule has 2 heteroatoms. The van der Waals surface area contributed by atoms with Crippen LogP contribution in [0.4, 0.5) is 17.1 Å². The van der Waals surface area contributed by atoms with E-state index >= 15 is 0 Å². The molecule has 0 aliphatic carbocycles. The molecule has 0 aliphatic rings. The number of aromatic nitrogens is 1. The van der Waals surface area contributed by atoms with E-state index in [1.165, 1.54) is 71.3 Å². The lowest BCUT2D eigenvalue weighted by Crippen LogP contribution is -2.09. The minimum absolute atomic E-state index is 1.11. The second kappa shape index (κ2) is 12.5. The van der Waals surface area contributed by atoms with Gasteiger partial charge in [0.25, 0.3) is 0 Å². The van der Waals surface area contributed by atoms with Gasteiger partial charge in [-0.05, 0) is 93.0 Å². The third-order valence-corrected chi connectivity index (χ3v) is 10.4. The highest BCUT2D eigenvalue weighted by Gasteiger charge is 2.18. The molecule has 0 bridgehead atoms. The molecular formula is C50H34N2. The van der Waals surface area contributed by atoms with Crippen LogP contribution in [0.15, 0.2) is 206 Å². The first-order chi connectivity index (χ1) is 25.8. The van der Waals surface area contributed by atoms with Crippen LogP contribution in [0.3, 0.4) is 0 Å². The molecule has 0 N–H and O–H groups in total. The van der Waals surface area contributed by atoms with Gasteiger partial charge in [0.1, 0.15) is 0 Å². The van der Waals surface area contributed by atoms with E-state index in [1.807, 2.05) is 0 Å². The Labute approximate surface area is 303 Å². The molecule has 0 amide bonds. The summed E-state index contributed by atoms with van der Waals surface area (Å²) < 4.78 is 2.45. The van der Waals surface area contributed by atoms with Crippen molar-refractivity contribution in [1.82, 2.24) is 4.57 Å². The molecule has 2 nitrogen and oxygen atoms in total. The standard InChI is InChI=1S/C50H34N2/c1-3-13-35(14-4-1)36-23-28-40(29-24-36)51(39-16-5-2-6-17-39)41-30-25-38(26-31-41)42-32-34-48(45-20-10-9-19-44(42)45)52-47-22-12-11-21-46(47)50-43-18-8-7-15-37(43)27-33-49(50)52/h1-34H. The summed E-state index contributed by atoms with van der Waals surface area (Å²) in [5.41, 5.74) is 11.8. The Kier molecular flexibility index (Phi) is 7.18. The maximum Gasteiger partial charge on any atom is 0.0547 e. The van der Waals surface area contributed by atoms with Gasteiger partial charge < -0.3 is 9.47 Å². The van der Waals surface area contributed by atoms with Crippen molar-refractivity contribution < 1.29 is 0 Å². The number of nitrogens with zero attached hydrogens (tertiary/aromatic N) is 2. The topological polar surface area (TPSA) is 8.17 Å². The number of benzene rings is 9. The van der Waals surface area contributed by atoms with Crippen molar-refractivity contribution in [2.24, 2.45) is 0 Å². The van der Waals surface area contributed by atoms with Gasteiger partial charge in [-0.3, -0.25) is 0 Å². The lowest BCUT2D eigenvalue weighted by Gasteiger charge is -2.26. The van der Waals surface area contributed by atoms with E-state index in [4.69, 9.17) is 0 Å². The molecule has 0 spiro atoms. The fourth-order valence-electron chi connectivity index (χ4n) is 7.98. The molecule has 52 heavy (non-hydrogen) atoms. The lowest BCUT2D eigenvalue weighted by molar-refractivity contribution is 1.20. The molecule has 0 aliphatic heterocycles. The average Bonchev–Trinajstić information content (AvgIpc) is 3.56. The average molecular weight is 663 g/mol. The van der Waals surface area contributed by atoms with Gasteiger partial charge >= 0.3 is 0 Å². The van der Waals surface area contributed by atoms with E-state index in [9.17, 15) is 0 Å². The maximum atomic E-state index is 2.45. The summed E-state index contributed by atoms with van der Waals surface area (Å²) in [5, 5.41) is 7.58. The van der Waals surface area contributed by atoms with Crippen LogP contribution in [0, 0.1) is 0 Å². The summed E-state index contributed by atoms with van der Waals surface area (Å²) in [7, 11) is 0. The van der Waals surface area contributed by atoms with Crippen molar-refractivity contribution in [3.05, 3.63) is 206 Å². The Morgan fingerprint density at radius 3 is 1.58 bits per heavy atom. The monoisotopic (exact) mass is 662 g/mol. The number of fused-ring (bicyclic) bond motifs is 6. The van der Waals surface area contributed by atoms with Gasteiger partial charge in [0.2, 0.25) is 0 Å². The Balaban J connectivity index is 1.08. The van der Waals surface area contributed by atoms with Crippen LogP contribution in [0.2, 0.25) is 0 Å². The predicted octanol–water partition coefficient (Wildman–Crippen LogP) is 13.9. The third kappa shape index (κ3) is 4.96. The van der Waals surface area contributed by atoms with Gasteiger partial charge in [-0.1, -0.05) is 152 Å². The predicted molar refractivity (Wildman–Crippen MR) is 221 cm³/mol. The smallest absolute Gasteiger partial charge is 0.0547 e. The van der Waals surface area contributed by atoms with Gasteiger partial charge in [0.05, 0.1) is 16.7 Å². The first kappa shape index (κ1) is 30.0. The van der Waals surface area contributed by atoms with Crippen molar-refractivity contribution in [2.45, 2.75) is 0 Å². The Morgan fingerprint density at radius 2 is 0.846 bits per heavy atom. The first-order valence-electron chi connectivity index (χ1n) is 17.9. The van der Waals surface area contributed by atoms with Crippen molar-refractivity contribution in [2.75, 3.05) is 4.90 Å². The molecule has 10 rings (SSSR count). The highest BCUT2D eigenvalue weighted by atomic mass is 15.1. The first-order valence-corrected chi connectivity index (χ1v) is 17.9. The van der Waals surface area contributed by atoms with E-state index in [1.54, 1.807) is 0 Å². The van der Waals surface area contributed by atoms with Crippen LogP contribution in [-0.2, 0) is 0 Å². The Hall–Kier alpha value is -6.90. The van der Waals surface area contributed by atoms with Gasteiger partial charge in [0.15, 0.2) is 0 Å². The summed E-state index contributed by atoms with van der Waals surface area (Å²) in [6.45, 7) is 0. The Bertz CT molecular complexity index is 2870. The van der Waals surface area contributed by atoms with Crippen molar-refractivity contribution in [3.8, 4) is 27.9 Å². The summed E-state index contributed by atoms with van der Waals surface area (Å²) >= 11 is 0. The van der Waals surface area contributed by atoms with Crippen LogP contribution < -0.4 is 4.90 Å². The van der Waals surface area contributed by atoms with Crippen molar-refractivity contribution in [3.63, 3.8) is 0 Å². The fraction of sp³-hybridized carbons (Fsp3) is 0. The molecule has 0 radical (unpaired) electrons. The normalized spacial score (nSPS) is 11.5. The molecule has 10 aromatic rings. The molecule has 0 saturated carbocycles. The zero-order chi connectivity index (χ0) is 34.4. The fourth-order valence-corrected chi connectivity index (χ4v) is 7.98. The number of rotatable bonds is 6. The van der Waals surface area contributed by atoms with Gasteiger partial charge in [0, 0.05) is 33.2 Å². The van der Waals surface area contributed by atoms with Crippen LogP contribution in [0.5, 0.6) is 0 Å². The molecule has 1 heterocycles. The highest BCUT2D eigenvalue weighted by Crippen LogP contribution is 2.41. The van der Waals surface area contributed by atoms with E-state index < -0.39 is 0 Å². The van der Waals surface area contributed by atoms with E-state index in [-0.39, 0.29) is 0 Å². The summed E-state index contributed by atoms with van der Waals surface area (Å²) in [6, 6.07) is 74.5. The molecular weight excluding hydrogens is 629 g/mol. The van der Waals surface area contributed by atoms with Gasteiger partial charge in [-0.2, -0.15) is 0 Å². The minimum atomic E-state index is 1.11. The van der Waals surface area contributed by atoms with Crippen LogP contribution in [0.1, 0.15) is 0 Å². The summed E-state index contributed by atoms with van der Waals surface area (Å²) in [4.78, 5) is 2.33.